The van der Waals surface area contributed by atoms with E-state index in [4.69, 9.17) is 5.26 Å². The summed E-state index contributed by atoms with van der Waals surface area (Å²) in [7, 11) is 0. The van der Waals surface area contributed by atoms with Gasteiger partial charge in [0, 0.05) is 5.92 Å². The summed E-state index contributed by atoms with van der Waals surface area (Å²) < 4.78 is 0. The van der Waals surface area contributed by atoms with Gasteiger partial charge in [0.15, 0.2) is 0 Å². The fourth-order valence-electron chi connectivity index (χ4n) is 2.12. The molecule has 1 atom stereocenters. The molecule has 0 heterocycles. The molecule has 1 aliphatic rings. The molecule has 0 aromatic heterocycles. The lowest BCUT2D eigenvalue weighted by atomic mass is 9.87. The molecule has 0 spiro atoms. The first-order valence-corrected chi connectivity index (χ1v) is 5.30. The molecule has 2 nitrogen and oxygen atoms in total. The summed E-state index contributed by atoms with van der Waals surface area (Å²) in [5.74, 6) is 0.454. The molecule has 1 unspecified atom stereocenters. The van der Waals surface area contributed by atoms with Gasteiger partial charge in [-0.3, -0.25) is 5.26 Å². The summed E-state index contributed by atoms with van der Waals surface area (Å²) in [6.45, 7) is 2.56. The van der Waals surface area contributed by atoms with E-state index in [-0.39, 0.29) is 0 Å². The van der Waals surface area contributed by atoms with E-state index in [0.717, 1.165) is 0 Å². The van der Waals surface area contributed by atoms with E-state index < -0.39 is 0 Å². The lowest BCUT2D eigenvalue weighted by molar-refractivity contribution is -0.249. The van der Waals surface area contributed by atoms with Gasteiger partial charge >= 0.3 is 0 Å². The Balaban J connectivity index is 2.50. The van der Waals surface area contributed by atoms with Crippen molar-refractivity contribution < 1.29 is 10.1 Å². The largest absolute Gasteiger partial charge is 0.252 e. The van der Waals surface area contributed by atoms with Gasteiger partial charge in [-0.1, -0.05) is 30.9 Å². The molecule has 1 rings (SSSR count). The van der Waals surface area contributed by atoms with Crippen molar-refractivity contribution in [2.45, 2.75) is 45.4 Å². The number of hydrogen-bond acceptors (Lipinski definition) is 2. The lowest BCUT2D eigenvalue weighted by Gasteiger charge is -2.21. The number of rotatable bonds is 2. The molecule has 0 saturated heterocycles. The molecular weight excluding hydrogens is 164 g/mol. The van der Waals surface area contributed by atoms with Crippen LogP contribution in [0.15, 0.2) is 11.6 Å². The summed E-state index contributed by atoms with van der Waals surface area (Å²) in [6, 6.07) is 0. The molecule has 1 N–H and O–H groups in total. The maximum Gasteiger partial charge on any atom is 0.0884 e. The highest BCUT2D eigenvalue weighted by Gasteiger charge is 2.15. The third kappa shape index (κ3) is 3.49. The van der Waals surface area contributed by atoms with Gasteiger partial charge < -0.3 is 0 Å². The van der Waals surface area contributed by atoms with Crippen LogP contribution in [0.1, 0.15) is 45.4 Å². The lowest BCUT2D eigenvalue weighted by Crippen LogP contribution is -2.13. The molecule has 0 aromatic carbocycles. The Bertz CT molecular complexity index is 163. The minimum absolute atomic E-state index is 0.454. The second kappa shape index (κ2) is 6.17. The van der Waals surface area contributed by atoms with Gasteiger partial charge in [0.25, 0.3) is 0 Å². The average molecular weight is 184 g/mol. The first kappa shape index (κ1) is 10.7. The molecule has 0 amide bonds. The molecule has 2 heteroatoms. The van der Waals surface area contributed by atoms with Crippen LogP contribution in [0.3, 0.4) is 0 Å². The van der Waals surface area contributed by atoms with Crippen LogP contribution in [-0.2, 0) is 4.89 Å². The van der Waals surface area contributed by atoms with Gasteiger partial charge in [-0.15, -0.1) is 0 Å². The highest BCUT2D eigenvalue weighted by molar-refractivity contribution is 5.06. The van der Waals surface area contributed by atoms with Crippen LogP contribution in [0.2, 0.25) is 0 Å². The zero-order chi connectivity index (χ0) is 9.52. The predicted molar refractivity (Wildman–Crippen MR) is 53.5 cm³/mol. The van der Waals surface area contributed by atoms with Crippen molar-refractivity contribution >= 4 is 0 Å². The fraction of sp³-hybridized carbons (Fsp3) is 0.818. The normalized spacial score (nSPS) is 28.5. The van der Waals surface area contributed by atoms with E-state index >= 15 is 0 Å². The molecular formula is C11H20O2. The molecule has 76 valence electrons. The van der Waals surface area contributed by atoms with Crippen molar-refractivity contribution in [3.05, 3.63) is 11.6 Å². The van der Waals surface area contributed by atoms with Gasteiger partial charge in [-0.2, -0.15) is 0 Å². The average Bonchev–Trinajstić information content (AvgIpc) is 2.10. The maximum absolute atomic E-state index is 8.47. The highest BCUT2D eigenvalue weighted by atomic mass is 17.1. The standard InChI is InChI=1S/C11H20O2/c1-2-10-7-5-3-4-6-8-11(10)9-13-12/h2,11-12H,3-9H2,1H3/b10-2-. The van der Waals surface area contributed by atoms with Crippen molar-refractivity contribution in [1.29, 1.82) is 0 Å². The van der Waals surface area contributed by atoms with Crippen LogP contribution in [0, 0.1) is 5.92 Å². The Morgan fingerprint density at radius 3 is 2.85 bits per heavy atom. The first-order chi connectivity index (χ1) is 6.38. The summed E-state index contributed by atoms with van der Waals surface area (Å²) in [6.07, 6.45) is 9.79. The summed E-state index contributed by atoms with van der Waals surface area (Å²) in [5, 5.41) is 8.47. The van der Waals surface area contributed by atoms with E-state index in [1.165, 1.54) is 44.1 Å². The Hall–Kier alpha value is -0.340. The molecule has 0 aliphatic heterocycles. The van der Waals surface area contributed by atoms with Crippen molar-refractivity contribution in [1.82, 2.24) is 0 Å². The van der Waals surface area contributed by atoms with Crippen LogP contribution in [0.25, 0.3) is 0 Å². The molecule has 1 aliphatic carbocycles. The van der Waals surface area contributed by atoms with Crippen LogP contribution in [0.4, 0.5) is 0 Å². The van der Waals surface area contributed by atoms with Gasteiger partial charge in [0.05, 0.1) is 6.61 Å². The molecule has 13 heavy (non-hydrogen) atoms. The number of allylic oxidation sites excluding steroid dienone is 1. The Kier molecular flexibility index (Phi) is 5.09. The van der Waals surface area contributed by atoms with Gasteiger partial charge in [0.1, 0.15) is 0 Å². The van der Waals surface area contributed by atoms with Crippen molar-refractivity contribution in [2.75, 3.05) is 6.61 Å². The summed E-state index contributed by atoms with van der Waals surface area (Å²) in [4.78, 5) is 4.27. The monoisotopic (exact) mass is 184 g/mol. The van der Waals surface area contributed by atoms with E-state index in [0.29, 0.717) is 12.5 Å². The van der Waals surface area contributed by atoms with Crippen molar-refractivity contribution in [3.63, 3.8) is 0 Å². The smallest absolute Gasteiger partial charge is 0.0884 e. The second-order valence-electron chi connectivity index (χ2n) is 3.81. The summed E-state index contributed by atoms with van der Waals surface area (Å²) >= 11 is 0. The Morgan fingerprint density at radius 2 is 2.15 bits per heavy atom. The highest BCUT2D eigenvalue weighted by Crippen LogP contribution is 2.27. The van der Waals surface area contributed by atoms with Gasteiger partial charge in [-0.25, -0.2) is 4.89 Å². The Morgan fingerprint density at radius 1 is 1.38 bits per heavy atom. The minimum atomic E-state index is 0.454. The second-order valence-corrected chi connectivity index (χ2v) is 3.81. The van der Waals surface area contributed by atoms with Crippen molar-refractivity contribution in [2.24, 2.45) is 5.92 Å². The molecule has 1 saturated carbocycles. The third-order valence-electron chi connectivity index (χ3n) is 2.94. The minimum Gasteiger partial charge on any atom is -0.252 e. The molecule has 0 bridgehead atoms. The zero-order valence-electron chi connectivity index (χ0n) is 8.46. The first-order valence-electron chi connectivity index (χ1n) is 5.30. The summed E-state index contributed by atoms with van der Waals surface area (Å²) in [5.41, 5.74) is 1.47. The van der Waals surface area contributed by atoms with Crippen LogP contribution in [-0.4, -0.2) is 11.9 Å². The number of hydrogen-bond donors (Lipinski definition) is 1. The fourth-order valence-corrected chi connectivity index (χ4v) is 2.12. The van der Waals surface area contributed by atoms with E-state index in [2.05, 4.69) is 17.9 Å². The van der Waals surface area contributed by atoms with E-state index in [1.807, 2.05) is 0 Å². The molecule has 0 radical (unpaired) electrons. The zero-order valence-corrected chi connectivity index (χ0v) is 8.46. The maximum atomic E-state index is 8.47. The SMILES string of the molecule is C/C=C1/CCCCCCC1COO. The third-order valence-corrected chi connectivity index (χ3v) is 2.94. The van der Waals surface area contributed by atoms with Crippen molar-refractivity contribution in [3.8, 4) is 0 Å². The van der Waals surface area contributed by atoms with Gasteiger partial charge in [-0.05, 0) is 26.2 Å². The topological polar surface area (TPSA) is 29.5 Å². The van der Waals surface area contributed by atoms with Crippen LogP contribution in [0.5, 0.6) is 0 Å². The van der Waals surface area contributed by atoms with E-state index in [9.17, 15) is 0 Å². The van der Waals surface area contributed by atoms with Crippen LogP contribution >= 0.6 is 0 Å². The van der Waals surface area contributed by atoms with Crippen LogP contribution < -0.4 is 0 Å². The predicted octanol–water partition coefficient (Wildman–Crippen LogP) is 3.39. The van der Waals surface area contributed by atoms with Gasteiger partial charge in [0.2, 0.25) is 0 Å². The van der Waals surface area contributed by atoms with E-state index in [1.54, 1.807) is 0 Å². The molecule has 1 fully saturated rings. The quantitative estimate of drug-likeness (QED) is 0.405. The Labute approximate surface area is 80.5 Å². The molecule has 0 aromatic rings.